The molecule has 132 valence electrons. The Morgan fingerprint density at radius 2 is 2.04 bits per heavy atom. The molecule has 1 unspecified atom stereocenters. The van der Waals surface area contributed by atoms with Gasteiger partial charge in [-0.1, -0.05) is 23.8 Å². The molecule has 0 saturated carbocycles. The SMILES string of the molecule is CC(=O)CC(COc1ccc(Cl)cc1-c1ccc(=S)[nH]n1)OC(C)=O. The number of H-pyrrole nitrogens is 1. The van der Waals surface area contributed by atoms with Gasteiger partial charge in [0, 0.05) is 23.9 Å². The number of nitrogens with one attached hydrogen (secondary N) is 1. The van der Waals surface area contributed by atoms with E-state index in [0.717, 1.165) is 0 Å². The molecule has 1 aromatic heterocycles. The van der Waals surface area contributed by atoms with Gasteiger partial charge in [-0.3, -0.25) is 14.7 Å². The van der Waals surface area contributed by atoms with Crippen LogP contribution in [-0.4, -0.2) is 34.7 Å². The van der Waals surface area contributed by atoms with E-state index in [1.54, 1.807) is 30.3 Å². The second-order valence-corrected chi connectivity index (χ2v) is 6.27. The molecule has 6 nitrogen and oxygen atoms in total. The normalized spacial score (nSPS) is 11.6. The highest BCUT2D eigenvalue weighted by atomic mass is 35.5. The summed E-state index contributed by atoms with van der Waals surface area (Å²) in [5.74, 6) is -0.0601. The maximum Gasteiger partial charge on any atom is 0.303 e. The van der Waals surface area contributed by atoms with Crippen molar-refractivity contribution in [1.29, 1.82) is 0 Å². The highest BCUT2D eigenvalue weighted by molar-refractivity contribution is 7.71. The maximum absolute atomic E-state index is 11.3. The number of ketones is 1. The quantitative estimate of drug-likeness (QED) is 0.582. The molecule has 1 atom stereocenters. The third kappa shape index (κ3) is 5.95. The Morgan fingerprint density at radius 3 is 2.64 bits per heavy atom. The molecule has 25 heavy (non-hydrogen) atoms. The van der Waals surface area contributed by atoms with Crippen molar-refractivity contribution >= 4 is 35.6 Å². The highest BCUT2D eigenvalue weighted by Gasteiger charge is 2.17. The minimum Gasteiger partial charge on any atom is -0.489 e. The van der Waals surface area contributed by atoms with Crippen LogP contribution in [0.5, 0.6) is 5.75 Å². The number of benzene rings is 1. The van der Waals surface area contributed by atoms with Gasteiger partial charge in [0.1, 0.15) is 28.9 Å². The van der Waals surface area contributed by atoms with Gasteiger partial charge in [0.2, 0.25) is 0 Å². The number of hydrogen-bond acceptors (Lipinski definition) is 6. The lowest BCUT2D eigenvalue weighted by molar-refractivity contribution is -0.149. The minimum atomic E-state index is -0.659. The lowest BCUT2D eigenvalue weighted by Gasteiger charge is -2.18. The van der Waals surface area contributed by atoms with Gasteiger partial charge >= 0.3 is 5.97 Å². The zero-order valence-corrected chi connectivity index (χ0v) is 15.3. The van der Waals surface area contributed by atoms with Gasteiger partial charge in [-0.05, 0) is 37.3 Å². The van der Waals surface area contributed by atoms with E-state index < -0.39 is 12.1 Å². The van der Waals surface area contributed by atoms with Gasteiger partial charge in [0.15, 0.2) is 0 Å². The number of rotatable bonds is 7. The molecule has 0 saturated heterocycles. The van der Waals surface area contributed by atoms with Crippen molar-refractivity contribution in [2.75, 3.05) is 6.61 Å². The minimum absolute atomic E-state index is 0.0383. The van der Waals surface area contributed by atoms with Crippen LogP contribution in [0.2, 0.25) is 5.02 Å². The van der Waals surface area contributed by atoms with Crippen LogP contribution in [-0.2, 0) is 14.3 Å². The van der Waals surface area contributed by atoms with Gasteiger partial charge < -0.3 is 9.47 Å². The molecule has 0 radical (unpaired) electrons. The number of Topliss-reactive ketones (excluding diaryl/α,β-unsaturated/α-hetero) is 1. The second-order valence-electron chi connectivity index (χ2n) is 5.40. The Hall–Kier alpha value is -2.25. The number of aromatic nitrogens is 2. The third-order valence-electron chi connectivity index (χ3n) is 3.17. The summed E-state index contributed by atoms with van der Waals surface area (Å²) in [6.45, 7) is 2.76. The molecule has 0 fully saturated rings. The molecule has 8 heteroatoms. The van der Waals surface area contributed by atoms with E-state index in [2.05, 4.69) is 10.2 Å². The van der Waals surface area contributed by atoms with Crippen LogP contribution in [0.25, 0.3) is 11.3 Å². The number of halogens is 1. The van der Waals surface area contributed by atoms with E-state index in [4.69, 9.17) is 33.3 Å². The topological polar surface area (TPSA) is 81.3 Å². The lowest BCUT2D eigenvalue weighted by Crippen LogP contribution is -2.26. The van der Waals surface area contributed by atoms with E-state index >= 15 is 0 Å². The van der Waals surface area contributed by atoms with E-state index in [9.17, 15) is 9.59 Å². The predicted octanol–water partition coefficient (Wildman–Crippen LogP) is 3.75. The van der Waals surface area contributed by atoms with Gasteiger partial charge in [-0.2, -0.15) is 5.10 Å². The maximum atomic E-state index is 11.3. The average Bonchev–Trinajstić information content (AvgIpc) is 2.53. The molecule has 0 aliphatic carbocycles. The van der Waals surface area contributed by atoms with Crippen molar-refractivity contribution in [2.45, 2.75) is 26.4 Å². The monoisotopic (exact) mass is 380 g/mol. The largest absolute Gasteiger partial charge is 0.489 e. The van der Waals surface area contributed by atoms with Crippen LogP contribution in [0.15, 0.2) is 30.3 Å². The van der Waals surface area contributed by atoms with Crippen molar-refractivity contribution in [3.05, 3.63) is 40.0 Å². The van der Waals surface area contributed by atoms with Crippen LogP contribution in [0.4, 0.5) is 0 Å². The summed E-state index contributed by atoms with van der Waals surface area (Å²) in [5, 5.41) is 7.40. The number of aromatic amines is 1. The number of nitrogens with zero attached hydrogens (tertiary/aromatic N) is 1. The van der Waals surface area contributed by atoms with Gasteiger partial charge in [-0.25, -0.2) is 0 Å². The Kier molecular flexibility index (Phi) is 6.66. The summed E-state index contributed by atoms with van der Waals surface area (Å²) in [6.07, 6.45) is -0.577. The standard InChI is InChI=1S/C17H17ClN2O4S/c1-10(21)7-13(24-11(2)22)9-23-16-5-3-12(18)8-14(16)15-4-6-17(25)20-19-15/h3-6,8,13H,7,9H2,1-2H3,(H,20,25). The molecule has 0 spiro atoms. The van der Waals surface area contributed by atoms with Crippen molar-refractivity contribution in [3.63, 3.8) is 0 Å². The average molecular weight is 381 g/mol. The third-order valence-corrected chi connectivity index (χ3v) is 3.63. The van der Waals surface area contributed by atoms with E-state index in [0.29, 0.717) is 26.7 Å². The molecule has 1 aromatic carbocycles. The summed E-state index contributed by atoms with van der Waals surface area (Å²) < 4.78 is 11.4. The van der Waals surface area contributed by atoms with Gasteiger partial charge in [0.25, 0.3) is 0 Å². The first kappa shape index (κ1) is 19.1. The first-order valence-electron chi connectivity index (χ1n) is 7.50. The molecule has 0 aliphatic heterocycles. The fraction of sp³-hybridized carbons (Fsp3) is 0.294. The molecule has 0 aliphatic rings. The number of ether oxygens (including phenoxy) is 2. The number of carbonyl (C=O) groups is 2. The number of carbonyl (C=O) groups excluding carboxylic acids is 2. The number of hydrogen-bond donors (Lipinski definition) is 1. The molecule has 1 N–H and O–H groups in total. The van der Waals surface area contributed by atoms with Gasteiger partial charge in [0.05, 0.1) is 5.69 Å². The molecular formula is C17H17ClN2O4S. The summed E-state index contributed by atoms with van der Waals surface area (Å²) in [6, 6.07) is 8.54. The molecule has 2 rings (SSSR count). The van der Waals surface area contributed by atoms with E-state index in [1.165, 1.54) is 13.8 Å². The number of esters is 1. The van der Waals surface area contributed by atoms with E-state index in [1.807, 2.05) is 0 Å². The molecular weight excluding hydrogens is 364 g/mol. The predicted molar refractivity (Wildman–Crippen MR) is 96.2 cm³/mol. The zero-order valence-electron chi connectivity index (χ0n) is 13.7. The fourth-order valence-corrected chi connectivity index (χ4v) is 2.48. The second kappa shape index (κ2) is 8.73. The van der Waals surface area contributed by atoms with Crippen molar-refractivity contribution in [3.8, 4) is 17.0 Å². The fourth-order valence-electron chi connectivity index (χ4n) is 2.20. The Labute approximate surface area is 155 Å². The molecule has 0 bridgehead atoms. The smallest absolute Gasteiger partial charge is 0.303 e. The van der Waals surface area contributed by atoms with E-state index in [-0.39, 0.29) is 18.8 Å². The lowest BCUT2D eigenvalue weighted by atomic mass is 10.1. The van der Waals surface area contributed by atoms with Gasteiger partial charge in [-0.15, -0.1) is 0 Å². The van der Waals surface area contributed by atoms with Crippen LogP contribution >= 0.6 is 23.8 Å². The van der Waals surface area contributed by atoms with Crippen LogP contribution in [0.1, 0.15) is 20.3 Å². The molecule has 2 aromatic rings. The summed E-state index contributed by atoms with van der Waals surface area (Å²) in [5.41, 5.74) is 1.25. The van der Waals surface area contributed by atoms with Crippen molar-refractivity contribution < 1.29 is 19.1 Å². The summed E-state index contributed by atoms with van der Waals surface area (Å²) >= 11 is 11.1. The summed E-state index contributed by atoms with van der Waals surface area (Å²) in [7, 11) is 0. The molecule has 1 heterocycles. The molecule has 0 amide bonds. The first-order valence-corrected chi connectivity index (χ1v) is 8.29. The Bertz CT molecular complexity index is 801. The zero-order chi connectivity index (χ0) is 18.4. The van der Waals surface area contributed by atoms with Crippen LogP contribution < -0.4 is 4.74 Å². The van der Waals surface area contributed by atoms with Crippen molar-refractivity contribution in [1.82, 2.24) is 10.2 Å². The summed E-state index contributed by atoms with van der Waals surface area (Å²) in [4.78, 5) is 22.5. The van der Waals surface area contributed by atoms with Crippen LogP contribution in [0.3, 0.4) is 0 Å². The Balaban J connectivity index is 2.23. The Morgan fingerprint density at radius 1 is 1.28 bits per heavy atom. The highest BCUT2D eigenvalue weighted by Crippen LogP contribution is 2.31. The van der Waals surface area contributed by atoms with Crippen molar-refractivity contribution in [2.24, 2.45) is 0 Å². The first-order chi connectivity index (χ1) is 11.8. The van der Waals surface area contributed by atoms with Crippen LogP contribution in [0, 0.1) is 4.64 Å².